The van der Waals surface area contributed by atoms with E-state index in [2.05, 4.69) is 37.3 Å². The van der Waals surface area contributed by atoms with Crippen molar-refractivity contribution >= 4 is 23.4 Å². The monoisotopic (exact) mass is 341 g/mol. The van der Waals surface area contributed by atoms with Gasteiger partial charge in [-0.2, -0.15) is 0 Å². The maximum absolute atomic E-state index is 12.6. The van der Waals surface area contributed by atoms with Crippen LogP contribution in [0.2, 0.25) is 0 Å². The number of anilines is 1. The summed E-state index contributed by atoms with van der Waals surface area (Å²) in [6.07, 6.45) is 2.42. The summed E-state index contributed by atoms with van der Waals surface area (Å²) >= 11 is 1.83. The predicted molar refractivity (Wildman–Crippen MR) is 100 cm³/mol. The van der Waals surface area contributed by atoms with E-state index in [1.165, 1.54) is 16.0 Å². The smallest absolute Gasteiger partial charge is 0.227 e. The molecule has 0 unspecified atom stereocenters. The molecule has 0 fully saturated rings. The van der Waals surface area contributed by atoms with Gasteiger partial charge in [-0.1, -0.05) is 24.3 Å². The molecule has 1 heterocycles. The number of thioether (sulfide) groups is 1. The topological polar surface area (TPSA) is 29.5 Å². The number of carbonyl (C=O) groups is 1. The first-order valence-corrected chi connectivity index (χ1v) is 9.33. The number of rotatable bonds is 6. The maximum Gasteiger partial charge on any atom is 0.227 e. The van der Waals surface area contributed by atoms with E-state index in [0.29, 0.717) is 6.42 Å². The van der Waals surface area contributed by atoms with Crippen LogP contribution in [0.15, 0.2) is 47.4 Å². The van der Waals surface area contributed by atoms with Crippen LogP contribution in [0.3, 0.4) is 0 Å². The average Bonchev–Trinajstić information content (AvgIpc) is 3.03. The van der Waals surface area contributed by atoms with Crippen LogP contribution in [0.1, 0.15) is 24.0 Å². The molecule has 2 aromatic carbocycles. The summed E-state index contributed by atoms with van der Waals surface area (Å²) in [7, 11) is 1.66. The van der Waals surface area contributed by atoms with E-state index >= 15 is 0 Å². The van der Waals surface area contributed by atoms with Gasteiger partial charge in [-0.15, -0.1) is 11.8 Å². The highest BCUT2D eigenvalue weighted by molar-refractivity contribution is 7.99. The summed E-state index contributed by atoms with van der Waals surface area (Å²) in [5.41, 5.74) is 3.55. The lowest BCUT2D eigenvalue weighted by molar-refractivity contribution is -0.118. The van der Waals surface area contributed by atoms with Gasteiger partial charge in [0, 0.05) is 23.9 Å². The van der Waals surface area contributed by atoms with E-state index in [4.69, 9.17) is 4.74 Å². The number of aryl methyl sites for hydroxylation is 1. The van der Waals surface area contributed by atoms with Gasteiger partial charge in [0.1, 0.15) is 5.75 Å². The largest absolute Gasteiger partial charge is 0.497 e. The number of ether oxygens (including phenoxy) is 1. The van der Waals surface area contributed by atoms with E-state index < -0.39 is 0 Å². The number of amides is 1. The molecule has 0 bridgehead atoms. The Labute approximate surface area is 148 Å². The lowest BCUT2D eigenvalue weighted by Crippen LogP contribution is -2.28. The summed E-state index contributed by atoms with van der Waals surface area (Å²) in [6.45, 7) is 2.91. The third kappa shape index (κ3) is 3.75. The van der Waals surface area contributed by atoms with Crippen molar-refractivity contribution in [2.45, 2.75) is 31.1 Å². The molecule has 0 radical (unpaired) electrons. The zero-order valence-electron chi connectivity index (χ0n) is 14.2. The van der Waals surface area contributed by atoms with Crippen LogP contribution < -0.4 is 9.64 Å². The minimum absolute atomic E-state index is 0.215. The number of hydrogen-bond acceptors (Lipinski definition) is 3. The molecule has 2 aromatic rings. The van der Waals surface area contributed by atoms with Crippen LogP contribution in [0.5, 0.6) is 5.75 Å². The third-order valence-corrected chi connectivity index (χ3v) is 5.64. The Bertz CT molecular complexity index is 729. The van der Waals surface area contributed by atoms with E-state index in [1.54, 1.807) is 7.11 Å². The van der Waals surface area contributed by atoms with Crippen molar-refractivity contribution in [3.8, 4) is 5.75 Å². The number of carbonyl (C=O) groups excluding carboxylic acids is 1. The highest BCUT2D eigenvalue weighted by atomic mass is 32.2. The second-order valence-corrected chi connectivity index (χ2v) is 7.14. The normalized spacial score (nSPS) is 13.0. The standard InChI is InChI=1S/C20H23NO2S/c1-15-6-3-4-7-19(15)24-13-5-8-20(22)21-12-11-16-9-10-17(23-2)14-18(16)21/h3-4,6-7,9-10,14H,5,8,11-13H2,1-2H3. The zero-order valence-corrected chi connectivity index (χ0v) is 15.1. The SMILES string of the molecule is COc1ccc2c(c1)N(C(=O)CCCSc1ccccc1C)CC2. The summed E-state index contributed by atoms with van der Waals surface area (Å²) in [6, 6.07) is 14.4. The molecular weight excluding hydrogens is 318 g/mol. The molecular formula is C20H23NO2S. The van der Waals surface area contributed by atoms with Crippen LogP contribution in [0.25, 0.3) is 0 Å². The van der Waals surface area contributed by atoms with Crippen LogP contribution in [0.4, 0.5) is 5.69 Å². The number of methoxy groups -OCH3 is 1. The first kappa shape index (κ1) is 16.9. The van der Waals surface area contributed by atoms with E-state index in [-0.39, 0.29) is 5.91 Å². The van der Waals surface area contributed by atoms with Crippen molar-refractivity contribution in [1.29, 1.82) is 0 Å². The fourth-order valence-corrected chi connectivity index (χ4v) is 3.98. The number of hydrogen-bond donors (Lipinski definition) is 0. The Morgan fingerprint density at radius 1 is 1.25 bits per heavy atom. The highest BCUT2D eigenvalue weighted by Gasteiger charge is 2.24. The Hall–Kier alpha value is -1.94. The van der Waals surface area contributed by atoms with E-state index in [9.17, 15) is 4.79 Å². The second kappa shape index (κ2) is 7.75. The molecule has 0 atom stereocenters. The molecule has 126 valence electrons. The molecule has 0 aliphatic carbocycles. The Morgan fingerprint density at radius 3 is 2.88 bits per heavy atom. The van der Waals surface area contributed by atoms with Gasteiger partial charge >= 0.3 is 0 Å². The molecule has 1 aliphatic heterocycles. The van der Waals surface area contributed by atoms with E-state index in [0.717, 1.165) is 36.6 Å². The summed E-state index contributed by atoms with van der Waals surface area (Å²) in [5, 5.41) is 0. The van der Waals surface area contributed by atoms with Gasteiger partial charge in [-0.05, 0) is 48.8 Å². The van der Waals surface area contributed by atoms with Gasteiger partial charge in [0.2, 0.25) is 5.91 Å². The number of nitrogens with zero attached hydrogens (tertiary/aromatic N) is 1. The quantitative estimate of drug-likeness (QED) is 0.574. The maximum atomic E-state index is 12.6. The summed E-state index contributed by atoms with van der Waals surface area (Å²) in [4.78, 5) is 15.8. The van der Waals surface area contributed by atoms with E-state index in [1.807, 2.05) is 28.8 Å². The number of benzene rings is 2. The zero-order chi connectivity index (χ0) is 16.9. The molecule has 4 heteroatoms. The molecule has 0 saturated heterocycles. The molecule has 0 N–H and O–H groups in total. The molecule has 3 rings (SSSR count). The number of fused-ring (bicyclic) bond motifs is 1. The summed E-state index contributed by atoms with van der Waals surface area (Å²) < 4.78 is 5.28. The van der Waals surface area contributed by atoms with Gasteiger partial charge in [-0.3, -0.25) is 4.79 Å². The van der Waals surface area contributed by atoms with Gasteiger partial charge in [0.15, 0.2) is 0 Å². The summed E-state index contributed by atoms with van der Waals surface area (Å²) in [5.74, 6) is 1.99. The van der Waals surface area contributed by atoms with Crippen LogP contribution in [-0.2, 0) is 11.2 Å². The molecule has 0 aromatic heterocycles. The fraction of sp³-hybridized carbons (Fsp3) is 0.350. The fourth-order valence-electron chi connectivity index (χ4n) is 3.00. The van der Waals surface area contributed by atoms with Gasteiger partial charge in [-0.25, -0.2) is 0 Å². The van der Waals surface area contributed by atoms with Crippen LogP contribution in [0, 0.1) is 6.92 Å². The molecule has 3 nitrogen and oxygen atoms in total. The first-order valence-electron chi connectivity index (χ1n) is 8.35. The Kier molecular flexibility index (Phi) is 5.46. The van der Waals surface area contributed by atoms with Gasteiger partial charge in [0.05, 0.1) is 12.8 Å². The van der Waals surface area contributed by atoms with Crippen molar-refractivity contribution in [1.82, 2.24) is 0 Å². The average molecular weight is 341 g/mol. The lowest BCUT2D eigenvalue weighted by atomic mass is 10.1. The van der Waals surface area contributed by atoms with Crippen molar-refractivity contribution in [3.05, 3.63) is 53.6 Å². The van der Waals surface area contributed by atoms with Gasteiger partial charge in [0.25, 0.3) is 0 Å². The minimum atomic E-state index is 0.215. The van der Waals surface area contributed by atoms with Crippen molar-refractivity contribution in [2.24, 2.45) is 0 Å². The second-order valence-electron chi connectivity index (χ2n) is 6.01. The predicted octanol–water partition coefficient (Wildman–Crippen LogP) is 4.47. The molecule has 1 aliphatic rings. The highest BCUT2D eigenvalue weighted by Crippen LogP contribution is 2.32. The minimum Gasteiger partial charge on any atom is -0.497 e. The Balaban J connectivity index is 1.53. The van der Waals surface area contributed by atoms with Crippen molar-refractivity contribution in [3.63, 3.8) is 0 Å². The molecule has 0 saturated carbocycles. The molecule has 1 amide bonds. The van der Waals surface area contributed by atoms with Crippen LogP contribution >= 0.6 is 11.8 Å². The van der Waals surface area contributed by atoms with Crippen molar-refractivity contribution < 1.29 is 9.53 Å². The Morgan fingerprint density at radius 2 is 2.08 bits per heavy atom. The first-order chi connectivity index (χ1) is 11.7. The van der Waals surface area contributed by atoms with Gasteiger partial charge < -0.3 is 9.64 Å². The molecule has 24 heavy (non-hydrogen) atoms. The lowest BCUT2D eigenvalue weighted by Gasteiger charge is -2.18. The van der Waals surface area contributed by atoms with Crippen molar-refractivity contribution in [2.75, 3.05) is 24.3 Å². The third-order valence-electron chi connectivity index (χ3n) is 4.38. The van der Waals surface area contributed by atoms with Crippen LogP contribution in [-0.4, -0.2) is 25.3 Å². The molecule has 0 spiro atoms.